The standard InChI is InChI=1S/C11H16N4OS/c1-2-12-7-10-14-15-11(16-10)13-5-3-9-4-6-17-8-9/h4,6,8,12H,2-3,5,7H2,1H3,(H,13,15). The van der Waals surface area contributed by atoms with Crippen LogP contribution in [0.25, 0.3) is 0 Å². The molecular formula is C11H16N4OS. The van der Waals surface area contributed by atoms with E-state index in [1.54, 1.807) is 11.3 Å². The lowest BCUT2D eigenvalue weighted by atomic mass is 10.2. The summed E-state index contributed by atoms with van der Waals surface area (Å²) in [5, 5.41) is 18.3. The average molecular weight is 252 g/mol. The molecule has 0 saturated heterocycles. The van der Waals surface area contributed by atoms with Crippen LogP contribution in [0.2, 0.25) is 0 Å². The van der Waals surface area contributed by atoms with E-state index >= 15 is 0 Å². The van der Waals surface area contributed by atoms with E-state index in [-0.39, 0.29) is 0 Å². The summed E-state index contributed by atoms with van der Waals surface area (Å²) in [5.41, 5.74) is 1.33. The highest BCUT2D eigenvalue weighted by molar-refractivity contribution is 7.07. The Labute approximate surface area is 104 Å². The quantitative estimate of drug-likeness (QED) is 0.788. The minimum absolute atomic E-state index is 0.494. The molecule has 0 spiro atoms. The van der Waals surface area contributed by atoms with Crippen LogP contribution >= 0.6 is 11.3 Å². The molecule has 0 aromatic carbocycles. The molecule has 2 N–H and O–H groups in total. The number of rotatable bonds is 7. The molecule has 0 saturated carbocycles. The second kappa shape index (κ2) is 6.36. The summed E-state index contributed by atoms with van der Waals surface area (Å²) in [7, 11) is 0. The SMILES string of the molecule is CCNCc1nnc(NCCc2ccsc2)o1. The van der Waals surface area contributed by atoms with Crippen LogP contribution in [0.5, 0.6) is 0 Å². The van der Waals surface area contributed by atoms with Crippen molar-refractivity contribution < 1.29 is 4.42 Å². The molecule has 6 heteroatoms. The first kappa shape index (κ1) is 12.1. The molecule has 0 fully saturated rings. The molecule has 0 aliphatic rings. The largest absolute Gasteiger partial charge is 0.407 e. The number of anilines is 1. The summed E-state index contributed by atoms with van der Waals surface area (Å²) in [6, 6.07) is 2.62. The number of hydrogen-bond donors (Lipinski definition) is 2. The summed E-state index contributed by atoms with van der Waals surface area (Å²) in [4.78, 5) is 0. The van der Waals surface area contributed by atoms with Gasteiger partial charge in [0.1, 0.15) is 0 Å². The summed E-state index contributed by atoms with van der Waals surface area (Å²) < 4.78 is 5.41. The summed E-state index contributed by atoms with van der Waals surface area (Å²) in [6.45, 7) is 4.36. The van der Waals surface area contributed by atoms with Crippen LogP contribution in [0.4, 0.5) is 6.01 Å². The van der Waals surface area contributed by atoms with E-state index in [0.717, 1.165) is 19.5 Å². The first-order valence-corrected chi connectivity index (χ1v) is 6.61. The van der Waals surface area contributed by atoms with Crippen molar-refractivity contribution in [3.05, 3.63) is 28.3 Å². The van der Waals surface area contributed by atoms with Crippen LogP contribution < -0.4 is 10.6 Å². The fourth-order valence-corrected chi connectivity index (χ4v) is 2.08. The van der Waals surface area contributed by atoms with Gasteiger partial charge in [-0.3, -0.25) is 0 Å². The maximum atomic E-state index is 5.41. The van der Waals surface area contributed by atoms with Crippen molar-refractivity contribution in [3.63, 3.8) is 0 Å². The van der Waals surface area contributed by atoms with Crippen LogP contribution in [-0.4, -0.2) is 23.3 Å². The van der Waals surface area contributed by atoms with Gasteiger partial charge in [0.05, 0.1) is 6.54 Å². The molecule has 0 unspecified atom stereocenters. The Hall–Kier alpha value is -1.40. The Morgan fingerprint density at radius 3 is 3.12 bits per heavy atom. The molecule has 0 bridgehead atoms. The monoisotopic (exact) mass is 252 g/mol. The van der Waals surface area contributed by atoms with Crippen molar-refractivity contribution in [1.29, 1.82) is 0 Å². The molecular weight excluding hydrogens is 236 g/mol. The van der Waals surface area contributed by atoms with Gasteiger partial charge in [0.2, 0.25) is 5.89 Å². The minimum atomic E-state index is 0.494. The van der Waals surface area contributed by atoms with Crippen molar-refractivity contribution in [1.82, 2.24) is 15.5 Å². The summed E-state index contributed by atoms with van der Waals surface area (Å²) in [6.07, 6.45) is 0.967. The Morgan fingerprint density at radius 1 is 1.41 bits per heavy atom. The maximum Gasteiger partial charge on any atom is 0.315 e. The van der Waals surface area contributed by atoms with E-state index in [0.29, 0.717) is 18.5 Å². The molecule has 2 heterocycles. The minimum Gasteiger partial charge on any atom is -0.407 e. The van der Waals surface area contributed by atoms with E-state index in [1.165, 1.54) is 5.56 Å². The number of hydrogen-bond acceptors (Lipinski definition) is 6. The predicted octanol–water partition coefficient (Wildman–Crippen LogP) is 1.90. The number of thiophene rings is 1. The van der Waals surface area contributed by atoms with Gasteiger partial charge in [-0.25, -0.2) is 0 Å². The Kier molecular flexibility index (Phi) is 4.52. The van der Waals surface area contributed by atoms with Crippen LogP contribution in [0.3, 0.4) is 0 Å². The molecule has 2 aromatic rings. The lowest BCUT2D eigenvalue weighted by Crippen LogP contribution is -2.11. The maximum absolute atomic E-state index is 5.41. The lowest BCUT2D eigenvalue weighted by molar-refractivity contribution is 0.481. The first-order valence-electron chi connectivity index (χ1n) is 5.66. The van der Waals surface area contributed by atoms with Crippen LogP contribution in [-0.2, 0) is 13.0 Å². The third-order valence-electron chi connectivity index (χ3n) is 2.26. The highest BCUT2D eigenvalue weighted by Gasteiger charge is 2.04. The molecule has 2 aromatic heterocycles. The smallest absolute Gasteiger partial charge is 0.315 e. The summed E-state index contributed by atoms with van der Waals surface area (Å²) in [5.74, 6) is 0.616. The highest BCUT2D eigenvalue weighted by atomic mass is 32.1. The van der Waals surface area contributed by atoms with Gasteiger partial charge in [-0.05, 0) is 35.4 Å². The van der Waals surface area contributed by atoms with Crippen molar-refractivity contribution in [2.24, 2.45) is 0 Å². The Balaban J connectivity index is 1.73. The fraction of sp³-hybridized carbons (Fsp3) is 0.455. The van der Waals surface area contributed by atoms with Crippen molar-refractivity contribution >= 4 is 17.4 Å². The van der Waals surface area contributed by atoms with Gasteiger partial charge in [0.15, 0.2) is 0 Å². The van der Waals surface area contributed by atoms with Gasteiger partial charge in [-0.1, -0.05) is 12.0 Å². The van der Waals surface area contributed by atoms with Crippen molar-refractivity contribution in [3.8, 4) is 0 Å². The second-order valence-corrected chi connectivity index (χ2v) is 4.37. The van der Waals surface area contributed by atoms with Gasteiger partial charge >= 0.3 is 6.01 Å². The number of nitrogens with one attached hydrogen (secondary N) is 2. The molecule has 92 valence electrons. The van der Waals surface area contributed by atoms with E-state index in [9.17, 15) is 0 Å². The van der Waals surface area contributed by atoms with Crippen molar-refractivity contribution in [2.75, 3.05) is 18.4 Å². The van der Waals surface area contributed by atoms with Crippen LogP contribution in [0.15, 0.2) is 21.2 Å². The third-order valence-corrected chi connectivity index (χ3v) is 3.00. The van der Waals surface area contributed by atoms with Gasteiger partial charge in [0.25, 0.3) is 0 Å². The zero-order valence-corrected chi connectivity index (χ0v) is 10.6. The van der Waals surface area contributed by atoms with Gasteiger partial charge in [-0.2, -0.15) is 11.3 Å². The lowest BCUT2D eigenvalue weighted by Gasteiger charge is -1.99. The molecule has 0 amide bonds. The van der Waals surface area contributed by atoms with E-state index in [1.807, 2.05) is 6.92 Å². The zero-order chi connectivity index (χ0) is 11.9. The van der Waals surface area contributed by atoms with Crippen LogP contribution in [0.1, 0.15) is 18.4 Å². The second-order valence-electron chi connectivity index (χ2n) is 3.59. The van der Waals surface area contributed by atoms with E-state index in [2.05, 4.69) is 37.7 Å². The predicted molar refractivity (Wildman–Crippen MR) is 68.2 cm³/mol. The Morgan fingerprint density at radius 2 is 2.35 bits per heavy atom. The topological polar surface area (TPSA) is 63.0 Å². The van der Waals surface area contributed by atoms with Crippen molar-refractivity contribution in [2.45, 2.75) is 19.9 Å². The average Bonchev–Trinajstić information content (AvgIpc) is 2.98. The molecule has 17 heavy (non-hydrogen) atoms. The summed E-state index contributed by atoms with van der Waals surface area (Å²) >= 11 is 1.71. The van der Waals surface area contributed by atoms with Gasteiger partial charge in [-0.15, -0.1) is 5.10 Å². The molecule has 0 radical (unpaired) electrons. The van der Waals surface area contributed by atoms with Gasteiger partial charge in [0, 0.05) is 6.54 Å². The van der Waals surface area contributed by atoms with E-state index < -0.39 is 0 Å². The number of nitrogens with zero attached hydrogens (tertiary/aromatic N) is 2. The van der Waals surface area contributed by atoms with Gasteiger partial charge < -0.3 is 15.1 Å². The fourth-order valence-electron chi connectivity index (χ4n) is 1.38. The molecule has 0 aliphatic carbocycles. The molecule has 2 rings (SSSR count). The van der Waals surface area contributed by atoms with Crippen LogP contribution in [0, 0.1) is 0 Å². The molecule has 0 aliphatic heterocycles. The Bertz CT molecular complexity index is 426. The third kappa shape index (κ3) is 3.83. The highest BCUT2D eigenvalue weighted by Crippen LogP contribution is 2.08. The molecule has 0 atom stereocenters. The normalized spacial score (nSPS) is 10.6. The first-order chi connectivity index (χ1) is 8.38. The number of aromatic nitrogens is 2. The molecule has 5 nitrogen and oxygen atoms in total. The zero-order valence-electron chi connectivity index (χ0n) is 9.77. The van der Waals surface area contributed by atoms with E-state index in [4.69, 9.17) is 4.42 Å².